The second-order valence-electron chi connectivity index (χ2n) is 5.09. The van der Waals surface area contributed by atoms with Gasteiger partial charge in [-0.25, -0.2) is 0 Å². The van der Waals surface area contributed by atoms with Crippen LogP contribution in [-0.4, -0.2) is 6.68 Å². The summed E-state index contributed by atoms with van der Waals surface area (Å²) in [5, 5.41) is 2.09. The first-order chi connectivity index (χ1) is 13.1. The van der Waals surface area contributed by atoms with Crippen LogP contribution in [0.25, 0.3) is 20.9 Å². The van der Waals surface area contributed by atoms with Crippen LogP contribution in [0.5, 0.6) is 0 Å². The number of thiophene rings is 2. The Morgan fingerprint density at radius 3 is 1.52 bits per heavy atom. The Balaban J connectivity index is 0.000000163. The van der Waals surface area contributed by atoms with Crippen molar-refractivity contribution in [2.45, 2.75) is 10.9 Å². The highest BCUT2D eigenvalue weighted by molar-refractivity contribution is 7.83. The zero-order valence-electron chi connectivity index (χ0n) is 14.1. The Morgan fingerprint density at radius 1 is 0.630 bits per heavy atom. The fourth-order valence-electron chi connectivity index (χ4n) is 2.14. The quantitative estimate of drug-likeness (QED) is 0.309. The molecule has 2 aromatic carbocycles. The van der Waals surface area contributed by atoms with Crippen LogP contribution >= 0.6 is 35.3 Å². The number of thiol groups is 1. The monoisotopic (exact) mass is 422 g/mol. The number of alkyl halides is 3. The number of benzene rings is 2. The molecule has 0 fully saturated rings. The van der Waals surface area contributed by atoms with Gasteiger partial charge in [0.2, 0.25) is 0 Å². The van der Waals surface area contributed by atoms with Crippen molar-refractivity contribution in [3.05, 3.63) is 90.3 Å². The molecule has 2 heterocycles. The van der Waals surface area contributed by atoms with Gasteiger partial charge in [0.1, 0.15) is 0 Å². The lowest BCUT2D eigenvalue weighted by Gasteiger charge is -1.98. The lowest BCUT2D eigenvalue weighted by atomic mass is 10.1. The van der Waals surface area contributed by atoms with Gasteiger partial charge < -0.3 is 0 Å². The van der Waals surface area contributed by atoms with Gasteiger partial charge in [-0.1, -0.05) is 66.7 Å². The number of halogens is 3. The van der Waals surface area contributed by atoms with E-state index in [4.69, 9.17) is 0 Å². The molecule has 0 aliphatic carbocycles. The Kier molecular flexibility index (Phi) is 9.18. The topological polar surface area (TPSA) is 0 Å². The van der Waals surface area contributed by atoms with Crippen LogP contribution in [0.1, 0.15) is 0 Å². The van der Waals surface area contributed by atoms with E-state index >= 15 is 0 Å². The first-order valence-electron chi connectivity index (χ1n) is 7.91. The van der Waals surface area contributed by atoms with Crippen molar-refractivity contribution < 1.29 is 13.2 Å². The SMILES string of the molecule is FC(F)F.Sc1ccc(-c2cccs2)s1.c1ccc(-c2ccccc2)cc1. The summed E-state index contributed by atoms with van der Waals surface area (Å²) in [4.78, 5) is 2.64. The Bertz CT molecular complexity index is 833. The molecule has 0 saturated carbocycles. The maximum absolute atomic E-state index is 9.67. The molecule has 27 heavy (non-hydrogen) atoms. The summed E-state index contributed by atoms with van der Waals surface area (Å²) in [6.45, 7) is -3.67. The zero-order valence-corrected chi connectivity index (χ0v) is 16.7. The molecule has 0 amide bonds. The Labute approximate surface area is 170 Å². The van der Waals surface area contributed by atoms with Gasteiger partial charge in [0, 0.05) is 9.75 Å². The average molecular weight is 423 g/mol. The summed E-state index contributed by atoms with van der Waals surface area (Å²) in [5.74, 6) is 0. The number of hydrogen-bond donors (Lipinski definition) is 1. The molecule has 140 valence electrons. The second kappa shape index (κ2) is 11.6. The third kappa shape index (κ3) is 8.03. The smallest absolute Gasteiger partial charge is 0.174 e. The molecule has 4 rings (SSSR count). The summed E-state index contributed by atoms with van der Waals surface area (Å²) < 4.78 is 30.1. The minimum atomic E-state index is -3.67. The molecule has 6 heteroatoms. The van der Waals surface area contributed by atoms with Gasteiger partial charge >= 0.3 is 6.68 Å². The predicted octanol–water partition coefficient (Wildman–Crippen LogP) is 8.30. The number of rotatable bonds is 2. The van der Waals surface area contributed by atoms with Gasteiger partial charge in [0.15, 0.2) is 0 Å². The molecule has 0 saturated heterocycles. The van der Waals surface area contributed by atoms with Crippen LogP contribution in [0.15, 0.2) is 94.5 Å². The van der Waals surface area contributed by atoms with Gasteiger partial charge in [0.25, 0.3) is 0 Å². The highest BCUT2D eigenvalue weighted by Crippen LogP contribution is 2.32. The molecule has 0 spiro atoms. The molecule has 0 unspecified atom stereocenters. The average Bonchev–Trinajstić information content (AvgIpc) is 3.35. The first-order valence-corrected chi connectivity index (χ1v) is 10.1. The predicted molar refractivity (Wildman–Crippen MR) is 114 cm³/mol. The summed E-state index contributed by atoms with van der Waals surface area (Å²) in [6, 6.07) is 29.1. The third-order valence-electron chi connectivity index (χ3n) is 3.24. The summed E-state index contributed by atoms with van der Waals surface area (Å²) in [7, 11) is 0. The lowest BCUT2D eigenvalue weighted by Crippen LogP contribution is -1.73. The number of hydrogen-bond acceptors (Lipinski definition) is 3. The molecule has 4 aromatic rings. The van der Waals surface area contributed by atoms with Crippen LogP contribution in [0.3, 0.4) is 0 Å². The van der Waals surface area contributed by atoms with Gasteiger partial charge in [-0.05, 0) is 34.7 Å². The van der Waals surface area contributed by atoms with Crippen molar-refractivity contribution in [1.29, 1.82) is 0 Å². The van der Waals surface area contributed by atoms with E-state index in [1.165, 1.54) is 20.9 Å². The second-order valence-corrected chi connectivity index (χ2v) is 7.91. The maximum Gasteiger partial charge on any atom is 0.379 e. The maximum atomic E-state index is 9.67. The summed E-state index contributed by atoms with van der Waals surface area (Å²) in [5.41, 5.74) is 2.55. The van der Waals surface area contributed by atoms with E-state index in [0.29, 0.717) is 0 Å². The van der Waals surface area contributed by atoms with Crippen molar-refractivity contribution in [3.63, 3.8) is 0 Å². The minimum Gasteiger partial charge on any atom is -0.174 e. The third-order valence-corrected chi connectivity index (χ3v) is 5.61. The highest BCUT2D eigenvalue weighted by atomic mass is 32.2. The van der Waals surface area contributed by atoms with E-state index in [0.717, 1.165) is 4.21 Å². The van der Waals surface area contributed by atoms with Gasteiger partial charge in [-0.15, -0.1) is 35.3 Å². The molecule has 0 atom stereocenters. The van der Waals surface area contributed by atoms with Crippen molar-refractivity contribution in [2.24, 2.45) is 0 Å². The van der Waals surface area contributed by atoms with E-state index < -0.39 is 6.68 Å². The van der Waals surface area contributed by atoms with Gasteiger partial charge in [-0.2, -0.15) is 13.2 Å². The van der Waals surface area contributed by atoms with Crippen LogP contribution in [-0.2, 0) is 0 Å². The fraction of sp³-hybridized carbons (Fsp3) is 0.0476. The molecular formula is C21H17F3S3. The van der Waals surface area contributed by atoms with E-state index in [2.05, 4.69) is 84.7 Å². The minimum absolute atomic E-state index is 1.08. The highest BCUT2D eigenvalue weighted by Gasteiger charge is 2.00. The van der Waals surface area contributed by atoms with Crippen LogP contribution in [0.4, 0.5) is 13.2 Å². The molecule has 0 N–H and O–H groups in total. The van der Waals surface area contributed by atoms with Crippen molar-refractivity contribution in [1.82, 2.24) is 0 Å². The van der Waals surface area contributed by atoms with Gasteiger partial charge in [0.05, 0.1) is 4.21 Å². The summed E-state index contributed by atoms with van der Waals surface area (Å²) >= 11 is 7.75. The molecule has 0 nitrogen and oxygen atoms in total. The molecule has 2 aromatic heterocycles. The lowest BCUT2D eigenvalue weighted by molar-refractivity contribution is 0.00819. The standard InChI is InChI=1S/C12H10.C8H6S3.CHF3/c1-3-7-11(8-4-1)12-9-5-2-6-10-12;9-8-4-3-7(11-8)6-2-1-5-10-6;2-1(3)4/h1-10H;1-5,9H;1H. The fourth-order valence-corrected chi connectivity index (χ4v) is 4.09. The van der Waals surface area contributed by atoms with E-state index in [1.807, 2.05) is 18.2 Å². The van der Waals surface area contributed by atoms with Crippen LogP contribution in [0.2, 0.25) is 0 Å². The first kappa shape index (κ1) is 21.3. The van der Waals surface area contributed by atoms with E-state index in [1.54, 1.807) is 22.7 Å². The van der Waals surface area contributed by atoms with Gasteiger partial charge in [-0.3, -0.25) is 0 Å². The summed E-state index contributed by atoms with van der Waals surface area (Å²) in [6.07, 6.45) is 0. The molecule has 0 bridgehead atoms. The Hall–Kier alpha value is -2.02. The van der Waals surface area contributed by atoms with Crippen molar-refractivity contribution >= 4 is 35.3 Å². The Morgan fingerprint density at radius 2 is 1.15 bits per heavy atom. The van der Waals surface area contributed by atoms with E-state index in [-0.39, 0.29) is 0 Å². The molecule has 0 aliphatic rings. The van der Waals surface area contributed by atoms with Crippen LogP contribution in [0, 0.1) is 0 Å². The molecule has 0 aliphatic heterocycles. The van der Waals surface area contributed by atoms with Crippen LogP contribution < -0.4 is 0 Å². The van der Waals surface area contributed by atoms with Crippen molar-refractivity contribution in [3.8, 4) is 20.9 Å². The van der Waals surface area contributed by atoms with Crippen molar-refractivity contribution in [2.75, 3.05) is 0 Å². The molecule has 0 radical (unpaired) electrons. The molecular weight excluding hydrogens is 405 g/mol. The van der Waals surface area contributed by atoms with E-state index in [9.17, 15) is 13.2 Å². The largest absolute Gasteiger partial charge is 0.379 e. The zero-order chi connectivity index (χ0) is 19.5. The normalized spacial score (nSPS) is 9.81.